The molecule has 0 fully saturated rings. The molecule has 7 heteroatoms. The number of hydrogen-bond donors (Lipinski definition) is 1. The van der Waals surface area contributed by atoms with Crippen LogP contribution in [0.4, 0.5) is 0 Å². The molecule has 2 aromatic carbocycles. The zero-order chi connectivity index (χ0) is 22.1. The molecule has 2 amide bonds. The van der Waals surface area contributed by atoms with Crippen molar-refractivity contribution in [1.29, 1.82) is 0 Å². The third-order valence-electron chi connectivity index (χ3n) is 4.81. The normalized spacial score (nSPS) is 11.6. The molecule has 0 heterocycles. The van der Waals surface area contributed by atoms with Gasteiger partial charge in [0.15, 0.2) is 0 Å². The van der Waals surface area contributed by atoms with Crippen molar-refractivity contribution in [3.8, 4) is 5.75 Å². The van der Waals surface area contributed by atoms with Crippen molar-refractivity contribution in [3.63, 3.8) is 0 Å². The third-order valence-corrected chi connectivity index (χ3v) is 5.39. The highest BCUT2D eigenvalue weighted by atomic mass is 35.5. The molecular formula is C23H28Cl2N2O3. The van der Waals surface area contributed by atoms with Gasteiger partial charge < -0.3 is 15.0 Å². The summed E-state index contributed by atoms with van der Waals surface area (Å²) in [6, 6.07) is 11.9. The second kappa shape index (κ2) is 11.8. The first-order valence-corrected chi connectivity index (χ1v) is 10.8. The van der Waals surface area contributed by atoms with E-state index in [4.69, 9.17) is 27.9 Å². The van der Waals surface area contributed by atoms with E-state index in [1.165, 1.54) is 0 Å². The molecule has 0 radical (unpaired) electrons. The zero-order valence-corrected chi connectivity index (χ0v) is 19.1. The highest BCUT2D eigenvalue weighted by Gasteiger charge is 2.29. The lowest BCUT2D eigenvalue weighted by molar-refractivity contribution is -0.140. The first kappa shape index (κ1) is 24.0. The van der Waals surface area contributed by atoms with Gasteiger partial charge in [-0.15, -0.1) is 0 Å². The molecule has 0 spiro atoms. The number of nitrogens with zero attached hydrogens (tertiary/aromatic N) is 1. The number of carbonyl (C=O) groups excluding carboxylic acids is 2. The molecule has 0 bridgehead atoms. The molecular weight excluding hydrogens is 423 g/mol. The maximum atomic E-state index is 13.3. The molecule has 0 aliphatic carbocycles. The van der Waals surface area contributed by atoms with E-state index in [-0.39, 0.29) is 24.8 Å². The van der Waals surface area contributed by atoms with E-state index in [0.717, 1.165) is 23.3 Å². The van der Waals surface area contributed by atoms with Crippen molar-refractivity contribution in [2.24, 2.45) is 0 Å². The number of rotatable bonds is 10. The fraction of sp³-hybridized carbons (Fsp3) is 0.391. The number of halogens is 2. The number of amides is 2. The van der Waals surface area contributed by atoms with Crippen LogP contribution in [0, 0.1) is 0 Å². The lowest BCUT2D eigenvalue weighted by Crippen LogP contribution is -2.49. The SMILES string of the molecule is CCCNC(=O)[C@H](CC)N(Cc1ccc(Cl)cc1Cl)C(=O)Cc1ccc(OC)cc1. The minimum absolute atomic E-state index is 0.148. The summed E-state index contributed by atoms with van der Waals surface area (Å²) in [6.45, 7) is 4.68. The minimum Gasteiger partial charge on any atom is -0.497 e. The topological polar surface area (TPSA) is 58.6 Å². The summed E-state index contributed by atoms with van der Waals surface area (Å²) in [5.41, 5.74) is 1.59. The fourth-order valence-electron chi connectivity index (χ4n) is 3.14. The van der Waals surface area contributed by atoms with Gasteiger partial charge in [-0.2, -0.15) is 0 Å². The average molecular weight is 451 g/mol. The smallest absolute Gasteiger partial charge is 0.242 e. The van der Waals surface area contributed by atoms with Gasteiger partial charge in [0.2, 0.25) is 11.8 Å². The lowest BCUT2D eigenvalue weighted by atomic mass is 10.1. The molecule has 0 saturated heterocycles. The monoisotopic (exact) mass is 450 g/mol. The second-order valence-corrected chi connectivity index (χ2v) is 7.84. The summed E-state index contributed by atoms with van der Waals surface area (Å²) in [7, 11) is 1.60. The Bertz CT molecular complexity index is 856. The fourth-order valence-corrected chi connectivity index (χ4v) is 3.61. The lowest BCUT2D eigenvalue weighted by Gasteiger charge is -2.31. The highest BCUT2D eigenvalue weighted by Crippen LogP contribution is 2.24. The van der Waals surface area contributed by atoms with Crippen molar-refractivity contribution >= 4 is 35.0 Å². The molecule has 2 rings (SSSR count). The van der Waals surface area contributed by atoms with Crippen LogP contribution in [0.15, 0.2) is 42.5 Å². The molecule has 0 aliphatic rings. The van der Waals surface area contributed by atoms with Crippen LogP contribution in [0.5, 0.6) is 5.75 Å². The summed E-state index contributed by atoms with van der Waals surface area (Å²) in [4.78, 5) is 27.6. The third kappa shape index (κ3) is 6.64. The van der Waals surface area contributed by atoms with Crippen molar-refractivity contribution in [2.45, 2.75) is 45.7 Å². The quantitative estimate of drug-likeness (QED) is 0.560. The van der Waals surface area contributed by atoms with E-state index >= 15 is 0 Å². The van der Waals surface area contributed by atoms with E-state index in [1.54, 1.807) is 30.2 Å². The summed E-state index contributed by atoms with van der Waals surface area (Å²) in [6.07, 6.45) is 1.49. The Morgan fingerprint density at radius 3 is 2.37 bits per heavy atom. The van der Waals surface area contributed by atoms with Gasteiger partial charge in [0.1, 0.15) is 11.8 Å². The maximum absolute atomic E-state index is 13.3. The van der Waals surface area contributed by atoms with Gasteiger partial charge in [0.05, 0.1) is 13.5 Å². The molecule has 0 aliphatic heterocycles. The highest BCUT2D eigenvalue weighted by molar-refractivity contribution is 6.35. The summed E-state index contributed by atoms with van der Waals surface area (Å²) in [5.74, 6) is 0.415. The Balaban J connectivity index is 2.29. The van der Waals surface area contributed by atoms with Gasteiger partial charge in [0.25, 0.3) is 0 Å². The number of methoxy groups -OCH3 is 1. The van der Waals surface area contributed by atoms with Gasteiger partial charge >= 0.3 is 0 Å². The van der Waals surface area contributed by atoms with Gasteiger partial charge in [0, 0.05) is 23.1 Å². The van der Waals surface area contributed by atoms with E-state index in [0.29, 0.717) is 23.0 Å². The molecule has 30 heavy (non-hydrogen) atoms. The van der Waals surface area contributed by atoms with E-state index in [2.05, 4.69) is 5.32 Å². The Morgan fingerprint density at radius 1 is 1.10 bits per heavy atom. The number of benzene rings is 2. The number of nitrogens with one attached hydrogen (secondary N) is 1. The standard InChI is InChI=1S/C23H28Cl2N2O3/c1-4-12-26-23(29)21(5-2)27(15-17-8-9-18(24)14-20(17)25)22(28)13-16-6-10-19(30-3)11-7-16/h6-11,14,21H,4-5,12-13,15H2,1-3H3,(H,26,29)/t21-/m0/s1. The van der Waals surface area contributed by atoms with Crippen LogP contribution in [-0.2, 0) is 22.6 Å². The number of ether oxygens (including phenoxy) is 1. The van der Waals surface area contributed by atoms with Crippen LogP contribution in [0.1, 0.15) is 37.8 Å². The van der Waals surface area contributed by atoms with Crippen molar-refractivity contribution in [2.75, 3.05) is 13.7 Å². The Kier molecular flexibility index (Phi) is 9.47. The van der Waals surface area contributed by atoms with Crippen LogP contribution >= 0.6 is 23.2 Å². The number of hydrogen-bond acceptors (Lipinski definition) is 3. The van der Waals surface area contributed by atoms with E-state index in [9.17, 15) is 9.59 Å². The van der Waals surface area contributed by atoms with E-state index < -0.39 is 6.04 Å². The summed E-state index contributed by atoms with van der Waals surface area (Å²) in [5, 5.41) is 3.89. The van der Waals surface area contributed by atoms with Crippen LogP contribution in [-0.4, -0.2) is 36.4 Å². The zero-order valence-electron chi connectivity index (χ0n) is 17.6. The van der Waals surface area contributed by atoms with Crippen molar-refractivity contribution in [1.82, 2.24) is 10.2 Å². The molecule has 1 N–H and O–H groups in total. The first-order chi connectivity index (χ1) is 14.4. The van der Waals surface area contributed by atoms with Crippen LogP contribution in [0.3, 0.4) is 0 Å². The largest absolute Gasteiger partial charge is 0.497 e. The minimum atomic E-state index is -0.589. The molecule has 0 aromatic heterocycles. The Morgan fingerprint density at radius 2 is 1.80 bits per heavy atom. The molecule has 1 atom stereocenters. The summed E-state index contributed by atoms with van der Waals surface area (Å²) < 4.78 is 5.17. The number of carbonyl (C=O) groups is 2. The molecule has 162 valence electrons. The predicted molar refractivity (Wildman–Crippen MR) is 121 cm³/mol. The summed E-state index contributed by atoms with van der Waals surface area (Å²) >= 11 is 12.4. The second-order valence-electron chi connectivity index (χ2n) is 7.00. The average Bonchev–Trinajstić information content (AvgIpc) is 2.74. The van der Waals surface area contributed by atoms with Crippen LogP contribution in [0.25, 0.3) is 0 Å². The molecule has 0 saturated carbocycles. The van der Waals surface area contributed by atoms with Crippen LogP contribution < -0.4 is 10.1 Å². The Hall–Kier alpha value is -2.24. The van der Waals surface area contributed by atoms with E-state index in [1.807, 2.05) is 38.1 Å². The van der Waals surface area contributed by atoms with Gasteiger partial charge in [-0.25, -0.2) is 0 Å². The van der Waals surface area contributed by atoms with Gasteiger partial charge in [-0.1, -0.05) is 55.2 Å². The molecule has 5 nitrogen and oxygen atoms in total. The molecule has 2 aromatic rings. The van der Waals surface area contributed by atoms with Gasteiger partial charge in [-0.3, -0.25) is 9.59 Å². The maximum Gasteiger partial charge on any atom is 0.242 e. The Labute approximate surface area is 188 Å². The predicted octanol–water partition coefficient (Wildman–Crippen LogP) is 4.88. The first-order valence-electron chi connectivity index (χ1n) is 10.0. The van der Waals surface area contributed by atoms with Gasteiger partial charge in [-0.05, 0) is 48.2 Å². The van der Waals surface area contributed by atoms with Crippen molar-refractivity contribution in [3.05, 3.63) is 63.6 Å². The van der Waals surface area contributed by atoms with Crippen LogP contribution in [0.2, 0.25) is 10.0 Å². The van der Waals surface area contributed by atoms with Crippen molar-refractivity contribution < 1.29 is 14.3 Å². The molecule has 0 unspecified atom stereocenters.